The normalized spacial score (nSPS) is 21.2. The van der Waals surface area contributed by atoms with Gasteiger partial charge in [0.05, 0.1) is 5.69 Å². The Bertz CT molecular complexity index is 739. The van der Waals surface area contributed by atoms with Gasteiger partial charge in [-0.05, 0) is 37.8 Å². The van der Waals surface area contributed by atoms with Crippen molar-refractivity contribution in [3.63, 3.8) is 0 Å². The highest BCUT2D eigenvalue weighted by molar-refractivity contribution is 5.92. The summed E-state index contributed by atoms with van der Waals surface area (Å²) in [4.78, 5) is 17.2. The predicted molar refractivity (Wildman–Crippen MR) is 97.1 cm³/mol. The van der Waals surface area contributed by atoms with E-state index in [-0.39, 0.29) is 5.91 Å². The number of hydrogen-bond acceptors (Lipinski definition) is 3. The van der Waals surface area contributed by atoms with Crippen molar-refractivity contribution in [2.24, 2.45) is 0 Å². The predicted octanol–water partition coefficient (Wildman–Crippen LogP) is 2.91. The Morgan fingerprint density at radius 2 is 2.00 bits per heavy atom. The molecule has 1 aromatic carbocycles. The van der Waals surface area contributed by atoms with Crippen LogP contribution >= 0.6 is 0 Å². The van der Waals surface area contributed by atoms with Gasteiger partial charge in [0.25, 0.3) is 5.91 Å². The van der Waals surface area contributed by atoms with Crippen LogP contribution in [0.5, 0.6) is 0 Å². The number of hydrogen-bond donors (Lipinski definition) is 0. The molecule has 1 saturated heterocycles. The third-order valence-corrected chi connectivity index (χ3v) is 5.38. The number of carbonyl (C=O) groups excluding carboxylic acids is 1. The van der Waals surface area contributed by atoms with Crippen molar-refractivity contribution in [3.8, 4) is 0 Å². The number of benzene rings is 1. The number of aromatic nitrogens is 2. The van der Waals surface area contributed by atoms with Crippen molar-refractivity contribution in [3.05, 3.63) is 53.3 Å². The van der Waals surface area contributed by atoms with Crippen molar-refractivity contribution in [2.75, 3.05) is 13.1 Å². The zero-order valence-electron chi connectivity index (χ0n) is 14.9. The van der Waals surface area contributed by atoms with Crippen molar-refractivity contribution in [1.82, 2.24) is 19.6 Å². The van der Waals surface area contributed by atoms with Crippen LogP contribution in [0.15, 0.2) is 36.4 Å². The molecule has 1 unspecified atom stereocenters. The average Bonchev–Trinajstić information content (AvgIpc) is 3.17. The Morgan fingerprint density at radius 3 is 2.76 bits per heavy atom. The van der Waals surface area contributed by atoms with Gasteiger partial charge in [-0.2, -0.15) is 5.10 Å². The summed E-state index contributed by atoms with van der Waals surface area (Å²) in [5.74, 6) is 0.0974. The van der Waals surface area contributed by atoms with E-state index in [2.05, 4.69) is 47.3 Å². The molecule has 0 bridgehead atoms. The second kappa shape index (κ2) is 7.00. The Kier molecular flexibility index (Phi) is 4.57. The summed E-state index contributed by atoms with van der Waals surface area (Å²) in [6.07, 6.45) is 3.27. The summed E-state index contributed by atoms with van der Waals surface area (Å²) < 4.78 is 2.04. The maximum absolute atomic E-state index is 12.8. The minimum atomic E-state index is 0.0974. The van der Waals surface area contributed by atoms with Gasteiger partial charge in [0.1, 0.15) is 0 Å². The van der Waals surface area contributed by atoms with Gasteiger partial charge in [-0.25, -0.2) is 0 Å². The summed E-state index contributed by atoms with van der Waals surface area (Å²) in [6.45, 7) is 6.74. The van der Waals surface area contributed by atoms with E-state index in [1.807, 2.05) is 15.6 Å². The highest BCUT2D eigenvalue weighted by atomic mass is 16.2. The van der Waals surface area contributed by atoms with E-state index in [9.17, 15) is 4.79 Å². The molecule has 4 rings (SSSR count). The summed E-state index contributed by atoms with van der Waals surface area (Å²) >= 11 is 0. The molecule has 0 spiro atoms. The van der Waals surface area contributed by atoms with Gasteiger partial charge in [-0.15, -0.1) is 0 Å². The van der Waals surface area contributed by atoms with Crippen LogP contribution in [0, 0.1) is 0 Å². The number of likely N-dealkylation sites (tertiary alicyclic amines) is 1. The van der Waals surface area contributed by atoms with Gasteiger partial charge in [-0.1, -0.05) is 30.3 Å². The van der Waals surface area contributed by atoms with Gasteiger partial charge in [-0.3, -0.25) is 14.4 Å². The number of rotatable bonds is 3. The summed E-state index contributed by atoms with van der Waals surface area (Å²) in [7, 11) is 0. The Labute approximate surface area is 149 Å². The lowest BCUT2D eigenvalue weighted by Gasteiger charge is -2.20. The van der Waals surface area contributed by atoms with Crippen molar-refractivity contribution in [1.29, 1.82) is 0 Å². The van der Waals surface area contributed by atoms with Gasteiger partial charge in [0.15, 0.2) is 5.69 Å². The number of nitrogens with zero attached hydrogens (tertiary/aromatic N) is 4. The Balaban J connectivity index is 1.50. The summed E-state index contributed by atoms with van der Waals surface area (Å²) in [5, 5.41) is 4.63. The van der Waals surface area contributed by atoms with E-state index in [0.29, 0.717) is 11.7 Å². The minimum Gasteiger partial charge on any atom is -0.335 e. The fourth-order valence-corrected chi connectivity index (χ4v) is 3.99. The molecule has 3 heterocycles. The highest BCUT2D eigenvalue weighted by Crippen LogP contribution is 2.21. The van der Waals surface area contributed by atoms with E-state index in [1.54, 1.807) is 0 Å². The molecule has 0 saturated carbocycles. The van der Waals surface area contributed by atoms with Crippen LogP contribution < -0.4 is 0 Å². The summed E-state index contributed by atoms with van der Waals surface area (Å²) in [5.41, 5.74) is 3.10. The number of fused-ring (bicyclic) bond motifs is 1. The van der Waals surface area contributed by atoms with Crippen molar-refractivity contribution >= 4 is 5.91 Å². The van der Waals surface area contributed by atoms with Gasteiger partial charge in [0, 0.05) is 38.8 Å². The molecule has 1 aromatic heterocycles. The monoisotopic (exact) mass is 338 g/mol. The number of aryl methyl sites for hydroxylation is 1. The van der Waals surface area contributed by atoms with Gasteiger partial charge < -0.3 is 4.90 Å². The average molecular weight is 338 g/mol. The molecule has 1 amide bonds. The molecule has 132 valence electrons. The minimum absolute atomic E-state index is 0.0974. The molecule has 5 nitrogen and oxygen atoms in total. The first kappa shape index (κ1) is 16.3. The molecule has 2 aliphatic heterocycles. The zero-order valence-corrected chi connectivity index (χ0v) is 14.9. The number of amides is 1. The first-order chi connectivity index (χ1) is 12.2. The molecule has 2 aliphatic rings. The summed E-state index contributed by atoms with van der Waals surface area (Å²) in [6, 6.07) is 12.9. The molecule has 25 heavy (non-hydrogen) atoms. The lowest BCUT2D eigenvalue weighted by Crippen LogP contribution is -2.34. The Morgan fingerprint density at radius 1 is 1.16 bits per heavy atom. The first-order valence-corrected chi connectivity index (χ1v) is 9.35. The van der Waals surface area contributed by atoms with Gasteiger partial charge >= 0.3 is 0 Å². The quantitative estimate of drug-likeness (QED) is 0.864. The first-order valence-electron chi connectivity index (χ1n) is 9.35. The fourth-order valence-electron chi connectivity index (χ4n) is 3.99. The maximum Gasteiger partial charge on any atom is 0.274 e. The molecule has 5 heteroatoms. The van der Waals surface area contributed by atoms with E-state index in [1.165, 1.54) is 5.56 Å². The molecule has 1 fully saturated rings. The third kappa shape index (κ3) is 3.47. The molecule has 0 radical (unpaired) electrons. The molecule has 0 aliphatic carbocycles. The second-order valence-electron chi connectivity index (χ2n) is 7.28. The largest absolute Gasteiger partial charge is 0.335 e. The molecular formula is C20H26N4O. The van der Waals surface area contributed by atoms with Gasteiger partial charge in [0.2, 0.25) is 0 Å². The van der Waals surface area contributed by atoms with E-state index < -0.39 is 0 Å². The van der Waals surface area contributed by atoms with Crippen LogP contribution in [-0.4, -0.2) is 44.6 Å². The third-order valence-electron chi connectivity index (χ3n) is 5.38. The van der Waals surface area contributed by atoms with Crippen LogP contribution in [0.25, 0.3) is 0 Å². The Hall–Kier alpha value is -2.14. The smallest absolute Gasteiger partial charge is 0.274 e. The van der Waals surface area contributed by atoms with Crippen molar-refractivity contribution in [2.45, 2.75) is 51.9 Å². The van der Waals surface area contributed by atoms with Crippen LogP contribution in [0.4, 0.5) is 0 Å². The topological polar surface area (TPSA) is 41.4 Å². The van der Waals surface area contributed by atoms with E-state index >= 15 is 0 Å². The van der Waals surface area contributed by atoms with E-state index in [4.69, 9.17) is 0 Å². The van der Waals surface area contributed by atoms with Crippen LogP contribution in [0.3, 0.4) is 0 Å². The highest BCUT2D eigenvalue weighted by Gasteiger charge is 2.28. The van der Waals surface area contributed by atoms with Crippen LogP contribution in [0.2, 0.25) is 0 Å². The molecule has 0 N–H and O–H groups in total. The SMILES string of the molecule is CC1CCCN1C(=O)c1cc2n(n1)CCCN(Cc1ccccc1)C2. The van der Waals surface area contributed by atoms with Crippen LogP contribution in [-0.2, 0) is 19.6 Å². The maximum atomic E-state index is 12.8. The van der Waals surface area contributed by atoms with Crippen LogP contribution in [0.1, 0.15) is 47.9 Å². The van der Waals surface area contributed by atoms with E-state index in [0.717, 1.165) is 57.7 Å². The zero-order chi connectivity index (χ0) is 17.2. The second-order valence-corrected chi connectivity index (χ2v) is 7.28. The van der Waals surface area contributed by atoms with Crippen molar-refractivity contribution < 1.29 is 4.79 Å². The lowest BCUT2D eigenvalue weighted by atomic mass is 10.2. The molecular weight excluding hydrogens is 312 g/mol. The standard InChI is InChI=1S/C20H26N4O/c1-16-7-5-11-23(16)20(25)19-13-18-15-22(10-6-12-24(18)21-19)14-17-8-3-2-4-9-17/h2-4,8-9,13,16H,5-7,10-12,14-15H2,1H3. The lowest BCUT2D eigenvalue weighted by molar-refractivity contribution is 0.0740. The number of carbonyl (C=O) groups is 1. The fraction of sp³-hybridized carbons (Fsp3) is 0.500. The molecule has 1 atom stereocenters. The molecule has 2 aromatic rings.